The Morgan fingerprint density at radius 2 is 1.67 bits per heavy atom. The van der Waals surface area contributed by atoms with E-state index < -0.39 is 0 Å². The summed E-state index contributed by atoms with van der Waals surface area (Å²) in [5.74, 6) is -0.212. The number of para-hydroxylation sites is 1. The van der Waals surface area contributed by atoms with E-state index in [1.807, 2.05) is 72.9 Å². The van der Waals surface area contributed by atoms with E-state index >= 15 is 0 Å². The number of rotatable bonds is 5. The first-order valence-electron chi connectivity index (χ1n) is 7.49. The maximum Gasteiger partial charge on any atom is 0.248 e. The van der Waals surface area contributed by atoms with Gasteiger partial charge in [0.2, 0.25) is 5.91 Å². The molecule has 24 heavy (non-hydrogen) atoms. The van der Waals surface area contributed by atoms with Crippen molar-refractivity contribution in [1.29, 1.82) is 0 Å². The monoisotopic (exact) mass is 316 g/mol. The maximum absolute atomic E-state index is 11.8. The molecular formula is C19H16N4O. The molecule has 3 rings (SSSR count). The highest BCUT2D eigenvalue weighted by Gasteiger charge is 1.98. The van der Waals surface area contributed by atoms with Gasteiger partial charge in [-0.2, -0.15) is 0 Å². The lowest BCUT2D eigenvalue weighted by molar-refractivity contribution is -0.111. The molecule has 5 heteroatoms. The molecule has 0 aliphatic carbocycles. The highest BCUT2D eigenvalue weighted by Crippen LogP contribution is 2.06. The van der Waals surface area contributed by atoms with E-state index in [-0.39, 0.29) is 5.91 Å². The highest BCUT2D eigenvalue weighted by molar-refractivity contribution is 6.01. The van der Waals surface area contributed by atoms with Crippen molar-refractivity contribution in [2.75, 3.05) is 5.32 Å². The lowest BCUT2D eigenvalue weighted by Gasteiger charge is -1.99. The predicted molar refractivity (Wildman–Crippen MR) is 95.8 cm³/mol. The summed E-state index contributed by atoms with van der Waals surface area (Å²) >= 11 is 0. The normalized spacial score (nSPS) is 11.2. The molecule has 1 N–H and O–H groups in total. The Bertz CT molecular complexity index is 851. The molecule has 5 nitrogen and oxygen atoms in total. The van der Waals surface area contributed by atoms with Crippen LogP contribution in [0.15, 0.2) is 72.9 Å². The zero-order valence-corrected chi connectivity index (χ0v) is 12.9. The summed E-state index contributed by atoms with van der Waals surface area (Å²) in [7, 11) is 0. The Balaban J connectivity index is 1.59. The fourth-order valence-corrected chi connectivity index (χ4v) is 2.03. The lowest BCUT2D eigenvalue weighted by Crippen LogP contribution is -2.07. The van der Waals surface area contributed by atoms with Gasteiger partial charge in [0, 0.05) is 18.0 Å². The van der Waals surface area contributed by atoms with E-state index in [0.29, 0.717) is 5.69 Å². The van der Waals surface area contributed by atoms with Crippen molar-refractivity contribution in [2.24, 2.45) is 0 Å². The van der Waals surface area contributed by atoms with Crippen LogP contribution in [0, 0.1) is 0 Å². The molecule has 0 radical (unpaired) electrons. The fourth-order valence-electron chi connectivity index (χ4n) is 2.03. The van der Waals surface area contributed by atoms with Gasteiger partial charge in [-0.25, -0.2) is 4.68 Å². The summed E-state index contributed by atoms with van der Waals surface area (Å²) in [6.45, 7) is 0. The molecule has 3 aromatic rings. The number of carbonyl (C=O) groups is 1. The van der Waals surface area contributed by atoms with Gasteiger partial charge in [0.05, 0.1) is 6.20 Å². The third-order valence-electron chi connectivity index (χ3n) is 3.19. The fraction of sp³-hybridized carbons (Fsp3) is 0. The predicted octanol–water partition coefficient (Wildman–Crippen LogP) is 3.56. The minimum atomic E-state index is -0.212. The van der Waals surface area contributed by atoms with Gasteiger partial charge in [0.25, 0.3) is 0 Å². The average Bonchev–Trinajstić information content (AvgIpc) is 3.08. The van der Waals surface area contributed by atoms with Crippen molar-refractivity contribution in [3.8, 4) is 0 Å². The summed E-state index contributed by atoms with van der Waals surface area (Å²) in [4.78, 5) is 11.8. The van der Waals surface area contributed by atoms with E-state index in [2.05, 4.69) is 15.6 Å². The molecule has 0 aliphatic heterocycles. The van der Waals surface area contributed by atoms with Crippen LogP contribution in [0.2, 0.25) is 0 Å². The zero-order valence-electron chi connectivity index (χ0n) is 12.9. The second-order valence-corrected chi connectivity index (χ2v) is 5.04. The van der Waals surface area contributed by atoms with Crippen molar-refractivity contribution in [3.05, 3.63) is 84.2 Å². The molecule has 0 saturated heterocycles. The molecule has 0 unspecified atom stereocenters. The maximum atomic E-state index is 11.8. The Morgan fingerprint density at radius 1 is 0.958 bits per heavy atom. The third-order valence-corrected chi connectivity index (χ3v) is 3.19. The largest absolute Gasteiger partial charge is 0.323 e. The van der Waals surface area contributed by atoms with E-state index in [9.17, 15) is 4.79 Å². The van der Waals surface area contributed by atoms with Crippen LogP contribution in [0.1, 0.15) is 11.3 Å². The van der Waals surface area contributed by atoms with Crippen LogP contribution in [-0.4, -0.2) is 20.9 Å². The van der Waals surface area contributed by atoms with Crippen LogP contribution in [0.25, 0.3) is 18.4 Å². The van der Waals surface area contributed by atoms with Gasteiger partial charge in [-0.15, -0.1) is 5.10 Å². The number of amides is 1. The summed E-state index contributed by atoms with van der Waals surface area (Å²) in [6.07, 6.45) is 8.54. The second-order valence-electron chi connectivity index (χ2n) is 5.04. The Morgan fingerprint density at radius 3 is 2.42 bits per heavy atom. The van der Waals surface area contributed by atoms with Gasteiger partial charge in [0.15, 0.2) is 0 Å². The summed E-state index contributed by atoms with van der Waals surface area (Å²) in [6, 6.07) is 19.2. The summed E-state index contributed by atoms with van der Waals surface area (Å²) in [5.41, 5.74) is 2.44. The van der Waals surface area contributed by atoms with Crippen LogP contribution in [0.4, 0.5) is 5.69 Å². The molecule has 118 valence electrons. The lowest BCUT2D eigenvalue weighted by atomic mass is 10.2. The molecule has 2 aromatic carbocycles. The molecule has 1 aromatic heterocycles. The minimum absolute atomic E-state index is 0.212. The van der Waals surface area contributed by atoms with Crippen molar-refractivity contribution < 1.29 is 4.79 Å². The summed E-state index contributed by atoms with van der Waals surface area (Å²) < 4.78 is 1.60. The van der Waals surface area contributed by atoms with Crippen LogP contribution in [0.3, 0.4) is 0 Å². The molecule has 0 bridgehead atoms. The van der Waals surface area contributed by atoms with E-state index in [1.165, 1.54) is 6.08 Å². The van der Waals surface area contributed by atoms with Crippen LogP contribution in [0.5, 0.6) is 0 Å². The van der Waals surface area contributed by atoms with Crippen molar-refractivity contribution in [3.63, 3.8) is 0 Å². The first kappa shape index (κ1) is 15.4. The van der Waals surface area contributed by atoms with Crippen molar-refractivity contribution >= 4 is 29.9 Å². The Labute approximate surface area is 139 Å². The quantitative estimate of drug-likeness (QED) is 0.732. The minimum Gasteiger partial charge on any atom is -0.323 e. The molecule has 0 fully saturated rings. The van der Waals surface area contributed by atoms with Crippen molar-refractivity contribution in [2.45, 2.75) is 0 Å². The van der Waals surface area contributed by atoms with Gasteiger partial charge in [-0.05, 0) is 29.8 Å². The van der Waals surface area contributed by atoms with Crippen LogP contribution in [-0.2, 0) is 4.79 Å². The highest BCUT2D eigenvalue weighted by atomic mass is 16.1. The van der Waals surface area contributed by atoms with E-state index in [4.69, 9.17) is 0 Å². The van der Waals surface area contributed by atoms with Gasteiger partial charge in [0.1, 0.15) is 5.69 Å². The Kier molecular flexibility index (Phi) is 4.94. The number of nitrogens with one attached hydrogen (secondary N) is 1. The molecule has 1 amide bonds. The summed E-state index contributed by atoms with van der Waals surface area (Å²) in [5, 5.41) is 10.8. The molecule has 0 spiro atoms. The van der Waals surface area contributed by atoms with Gasteiger partial charge < -0.3 is 5.32 Å². The standard InChI is InChI=1S/C19H16N4O/c24-19(20-17-9-5-2-6-10-17)12-11-18-15-23(22-21-18)14-13-16-7-3-1-4-8-16/h1-15H,(H,20,24)/b12-11-,14-13?. The number of aromatic nitrogens is 3. The second kappa shape index (κ2) is 7.69. The van der Waals surface area contributed by atoms with Gasteiger partial charge in [-0.3, -0.25) is 4.79 Å². The molecule has 0 aliphatic rings. The number of nitrogens with zero attached hydrogens (tertiary/aromatic N) is 3. The number of hydrogen-bond acceptors (Lipinski definition) is 3. The molecule has 0 atom stereocenters. The first-order valence-corrected chi connectivity index (χ1v) is 7.49. The topological polar surface area (TPSA) is 59.8 Å². The molecule has 1 heterocycles. The van der Waals surface area contributed by atoms with Gasteiger partial charge in [-0.1, -0.05) is 53.7 Å². The SMILES string of the molecule is O=C(/C=C\c1cn(C=Cc2ccccc2)nn1)Nc1ccccc1. The first-order chi connectivity index (χ1) is 11.8. The van der Waals surface area contributed by atoms with Crippen LogP contribution < -0.4 is 5.32 Å². The molecular weight excluding hydrogens is 300 g/mol. The van der Waals surface area contributed by atoms with E-state index in [1.54, 1.807) is 17.0 Å². The zero-order chi connectivity index (χ0) is 16.6. The number of benzene rings is 2. The molecule has 0 saturated carbocycles. The number of hydrogen-bond donors (Lipinski definition) is 1. The number of anilines is 1. The van der Waals surface area contributed by atoms with Crippen LogP contribution >= 0.6 is 0 Å². The third kappa shape index (κ3) is 4.51. The van der Waals surface area contributed by atoms with Gasteiger partial charge >= 0.3 is 0 Å². The Hall–Kier alpha value is -3.47. The number of carbonyl (C=O) groups excluding carboxylic acids is 1. The van der Waals surface area contributed by atoms with Crippen molar-refractivity contribution in [1.82, 2.24) is 15.0 Å². The average molecular weight is 316 g/mol. The smallest absolute Gasteiger partial charge is 0.248 e. The van der Waals surface area contributed by atoms with E-state index in [0.717, 1.165) is 11.3 Å².